The van der Waals surface area contributed by atoms with Gasteiger partial charge in [-0.05, 0) is 27.7 Å². The molecule has 0 unspecified atom stereocenters. The zero-order valence-electron chi connectivity index (χ0n) is 7.10. The molecule has 0 aromatic carbocycles. The van der Waals surface area contributed by atoms with E-state index in [4.69, 9.17) is 0 Å². The Labute approximate surface area is 68.5 Å². The first kappa shape index (κ1) is 9.82. The first-order valence-corrected chi connectivity index (χ1v) is 3.83. The van der Waals surface area contributed by atoms with Gasteiger partial charge in [-0.25, -0.2) is 0 Å². The molecule has 0 bridgehead atoms. The molecular formula is C7H16N2S. The summed E-state index contributed by atoms with van der Waals surface area (Å²) in [5.41, 5.74) is 3.98. The molecule has 0 aliphatic rings. The van der Waals surface area contributed by atoms with Gasteiger partial charge in [0.1, 0.15) is 0 Å². The topological polar surface area (TPSA) is 24.4 Å². The van der Waals surface area contributed by atoms with Crippen molar-refractivity contribution in [3.05, 3.63) is 0 Å². The average Bonchev–Trinajstić information content (AvgIpc) is 1.59. The molecule has 10 heavy (non-hydrogen) atoms. The van der Waals surface area contributed by atoms with E-state index in [0.29, 0.717) is 0 Å². The molecule has 0 saturated carbocycles. The van der Waals surface area contributed by atoms with Crippen LogP contribution >= 0.6 is 12.6 Å². The van der Waals surface area contributed by atoms with Gasteiger partial charge < -0.3 is 5.43 Å². The van der Waals surface area contributed by atoms with E-state index in [1.165, 1.54) is 0 Å². The summed E-state index contributed by atoms with van der Waals surface area (Å²) in [6, 6.07) is 0. The Morgan fingerprint density at radius 3 is 2.30 bits per heavy atom. The van der Waals surface area contributed by atoms with Crippen molar-refractivity contribution in [1.82, 2.24) is 5.43 Å². The third kappa shape index (κ3) is 7.82. The molecule has 0 aliphatic carbocycles. The van der Waals surface area contributed by atoms with Gasteiger partial charge >= 0.3 is 0 Å². The van der Waals surface area contributed by atoms with Crippen LogP contribution in [0.3, 0.4) is 0 Å². The molecule has 0 heterocycles. The van der Waals surface area contributed by atoms with E-state index < -0.39 is 0 Å². The van der Waals surface area contributed by atoms with Crippen molar-refractivity contribution in [2.45, 2.75) is 32.4 Å². The summed E-state index contributed by atoms with van der Waals surface area (Å²) in [5.74, 6) is 0. The molecule has 0 radical (unpaired) electrons. The maximum absolute atomic E-state index is 4.33. The molecule has 0 saturated heterocycles. The Morgan fingerprint density at radius 2 is 2.00 bits per heavy atom. The van der Waals surface area contributed by atoms with Crippen molar-refractivity contribution in [2.75, 3.05) is 6.54 Å². The highest BCUT2D eigenvalue weighted by Gasteiger charge is 2.08. The minimum absolute atomic E-state index is 0.0128. The first-order chi connectivity index (χ1) is 4.42. The van der Waals surface area contributed by atoms with E-state index >= 15 is 0 Å². The normalized spacial score (nSPS) is 10.9. The maximum atomic E-state index is 4.33. The Morgan fingerprint density at radius 1 is 1.50 bits per heavy atom. The number of hydrazone groups is 1. The zero-order valence-corrected chi connectivity index (χ0v) is 8.00. The monoisotopic (exact) mass is 160 g/mol. The van der Waals surface area contributed by atoms with Gasteiger partial charge in [-0.3, -0.25) is 0 Å². The van der Waals surface area contributed by atoms with Gasteiger partial charge in [0.15, 0.2) is 0 Å². The average molecular weight is 160 g/mol. The Bertz CT molecular complexity index is 120. The minimum Gasteiger partial charge on any atom is -0.309 e. The molecule has 0 aromatic rings. The lowest BCUT2D eigenvalue weighted by Gasteiger charge is -2.15. The summed E-state index contributed by atoms with van der Waals surface area (Å²) in [5, 5.41) is 4.03. The lowest BCUT2D eigenvalue weighted by molar-refractivity contribution is 0.616. The highest BCUT2D eigenvalue weighted by molar-refractivity contribution is 7.81. The van der Waals surface area contributed by atoms with Crippen LogP contribution in [0.4, 0.5) is 0 Å². The number of nitrogens with zero attached hydrogens (tertiary/aromatic N) is 1. The Balaban J connectivity index is 3.47. The second-order valence-electron chi connectivity index (χ2n) is 3.21. The van der Waals surface area contributed by atoms with Gasteiger partial charge in [-0.15, -0.1) is 0 Å². The molecule has 0 aliphatic heterocycles. The van der Waals surface area contributed by atoms with Crippen molar-refractivity contribution < 1.29 is 0 Å². The van der Waals surface area contributed by atoms with E-state index in [9.17, 15) is 0 Å². The Kier molecular flexibility index (Phi) is 3.79. The zero-order chi connectivity index (χ0) is 8.20. The van der Waals surface area contributed by atoms with Crippen LogP contribution in [0.5, 0.6) is 0 Å². The maximum Gasteiger partial charge on any atom is 0.0469 e. The fourth-order valence-corrected chi connectivity index (χ4v) is 0.462. The van der Waals surface area contributed by atoms with Gasteiger partial charge in [-0.2, -0.15) is 17.7 Å². The molecule has 0 amide bonds. The van der Waals surface area contributed by atoms with Gasteiger partial charge in [0.2, 0.25) is 0 Å². The molecular weight excluding hydrogens is 144 g/mol. The fourth-order valence-electron chi connectivity index (χ4n) is 0.391. The molecule has 2 nitrogen and oxygen atoms in total. The molecule has 0 spiro atoms. The quantitative estimate of drug-likeness (QED) is 0.366. The highest BCUT2D eigenvalue weighted by Crippen LogP contribution is 2.08. The third-order valence-electron chi connectivity index (χ3n) is 0.814. The van der Waals surface area contributed by atoms with Crippen molar-refractivity contribution in [2.24, 2.45) is 5.10 Å². The fraction of sp³-hybridized carbons (Fsp3) is 0.857. The number of thiol groups is 1. The lowest BCUT2D eigenvalue weighted by Crippen LogP contribution is -2.27. The predicted octanol–water partition coefficient (Wildman–Crippen LogP) is 1.68. The largest absolute Gasteiger partial charge is 0.309 e. The summed E-state index contributed by atoms with van der Waals surface area (Å²) >= 11 is 4.33. The molecule has 0 atom stereocenters. The van der Waals surface area contributed by atoms with Crippen molar-refractivity contribution >= 4 is 18.3 Å². The Hall–Kier alpha value is -0.180. The summed E-state index contributed by atoms with van der Waals surface area (Å²) in [7, 11) is 0. The number of nitrogens with one attached hydrogen (secondary N) is 1. The van der Waals surface area contributed by atoms with Crippen LogP contribution in [0.25, 0.3) is 0 Å². The highest BCUT2D eigenvalue weighted by atomic mass is 32.1. The van der Waals surface area contributed by atoms with Crippen LogP contribution in [0.1, 0.15) is 27.7 Å². The first-order valence-electron chi connectivity index (χ1n) is 3.38. The SMILES string of the molecule is CC(C)=NNCC(C)(C)S. The van der Waals surface area contributed by atoms with Gasteiger partial charge in [0.05, 0.1) is 0 Å². The van der Waals surface area contributed by atoms with Gasteiger partial charge in [0.25, 0.3) is 0 Å². The molecule has 60 valence electrons. The van der Waals surface area contributed by atoms with Crippen molar-refractivity contribution in [1.29, 1.82) is 0 Å². The van der Waals surface area contributed by atoms with Gasteiger partial charge in [0, 0.05) is 17.0 Å². The second-order valence-corrected chi connectivity index (χ2v) is 4.42. The second kappa shape index (κ2) is 3.86. The minimum atomic E-state index is 0.0128. The van der Waals surface area contributed by atoms with E-state index in [1.807, 2.05) is 27.7 Å². The van der Waals surface area contributed by atoms with Crippen LogP contribution in [0, 0.1) is 0 Å². The van der Waals surface area contributed by atoms with E-state index in [0.717, 1.165) is 12.3 Å². The molecule has 0 aromatic heterocycles. The third-order valence-corrected chi connectivity index (χ3v) is 0.972. The predicted molar refractivity (Wildman–Crippen MR) is 49.9 cm³/mol. The van der Waals surface area contributed by atoms with Gasteiger partial charge in [-0.1, -0.05) is 0 Å². The molecule has 1 N–H and O–H groups in total. The van der Waals surface area contributed by atoms with Crippen LogP contribution < -0.4 is 5.43 Å². The molecule has 0 rings (SSSR count). The lowest BCUT2D eigenvalue weighted by atomic mass is 10.2. The summed E-state index contributed by atoms with van der Waals surface area (Å²) in [6.45, 7) is 8.80. The van der Waals surface area contributed by atoms with E-state index in [-0.39, 0.29) is 4.75 Å². The smallest absolute Gasteiger partial charge is 0.0469 e. The van der Waals surface area contributed by atoms with E-state index in [2.05, 4.69) is 23.2 Å². The molecule has 3 heteroatoms. The summed E-state index contributed by atoms with van der Waals surface area (Å²) in [4.78, 5) is 0. The molecule has 0 fully saturated rings. The van der Waals surface area contributed by atoms with Crippen molar-refractivity contribution in [3.63, 3.8) is 0 Å². The van der Waals surface area contributed by atoms with Crippen LogP contribution in [0.2, 0.25) is 0 Å². The van der Waals surface area contributed by atoms with Crippen molar-refractivity contribution in [3.8, 4) is 0 Å². The number of hydrogen-bond donors (Lipinski definition) is 2. The van der Waals surface area contributed by atoms with Crippen LogP contribution in [-0.4, -0.2) is 17.0 Å². The van der Waals surface area contributed by atoms with Crippen LogP contribution in [0.15, 0.2) is 5.10 Å². The summed E-state index contributed by atoms with van der Waals surface area (Å²) in [6.07, 6.45) is 0. The summed E-state index contributed by atoms with van der Waals surface area (Å²) < 4.78 is 0.0128. The number of rotatable bonds is 3. The number of hydrogen-bond acceptors (Lipinski definition) is 3. The standard InChI is InChI=1S/C7H16N2S/c1-6(2)9-8-5-7(3,4)10/h8,10H,5H2,1-4H3. The van der Waals surface area contributed by atoms with Crippen LogP contribution in [-0.2, 0) is 0 Å². The van der Waals surface area contributed by atoms with E-state index in [1.54, 1.807) is 0 Å².